The third-order valence-corrected chi connectivity index (χ3v) is 5.90. The van der Waals surface area contributed by atoms with Crippen molar-refractivity contribution in [2.24, 2.45) is 0 Å². The van der Waals surface area contributed by atoms with Crippen molar-refractivity contribution in [2.75, 3.05) is 0 Å². The molecule has 0 bridgehead atoms. The first kappa shape index (κ1) is 23.0. The van der Waals surface area contributed by atoms with E-state index in [2.05, 4.69) is 5.10 Å². The molecule has 4 aromatic rings. The van der Waals surface area contributed by atoms with Gasteiger partial charge in [0.2, 0.25) is 34.8 Å². The molecule has 1 aromatic heterocycles. The number of halogens is 5. The van der Waals surface area contributed by atoms with Gasteiger partial charge < -0.3 is 9.84 Å². The zero-order valence-corrected chi connectivity index (χ0v) is 18.2. The number of hydrogen-bond acceptors (Lipinski definition) is 3. The predicted octanol–water partition coefficient (Wildman–Crippen LogP) is 4.46. The van der Waals surface area contributed by atoms with Crippen LogP contribution < -0.4 is 9.30 Å². The normalized spacial score (nSPS) is 13.7. The average molecular weight is 488 g/mol. The fraction of sp³-hybridized carbons (Fsp3) is 0.200. The van der Waals surface area contributed by atoms with Crippen molar-refractivity contribution in [3.63, 3.8) is 0 Å². The smallest absolute Gasteiger partial charge is 0.278 e. The van der Waals surface area contributed by atoms with Gasteiger partial charge in [-0.25, -0.2) is 17.7 Å². The maximum Gasteiger partial charge on any atom is 0.278 e. The van der Waals surface area contributed by atoms with Crippen LogP contribution in [0.25, 0.3) is 5.69 Å². The summed E-state index contributed by atoms with van der Waals surface area (Å²) in [5.74, 6) is -10.0. The molecule has 0 aliphatic carbocycles. The van der Waals surface area contributed by atoms with Crippen LogP contribution >= 0.6 is 0 Å². The highest BCUT2D eigenvalue weighted by Crippen LogP contribution is 2.33. The molecule has 5 nitrogen and oxygen atoms in total. The van der Waals surface area contributed by atoms with E-state index in [0.717, 1.165) is 5.56 Å². The third kappa shape index (κ3) is 3.93. The van der Waals surface area contributed by atoms with E-state index in [4.69, 9.17) is 4.74 Å². The summed E-state index contributed by atoms with van der Waals surface area (Å²) < 4.78 is 79.0. The molecule has 0 spiro atoms. The Kier molecular flexibility index (Phi) is 5.98. The first-order chi connectivity index (χ1) is 16.9. The number of fused-ring (bicyclic) bond motifs is 1. The zero-order valence-electron chi connectivity index (χ0n) is 18.2. The molecule has 3 aromatic carbocycles. The minimum absolute atomic E-state index is 0.142. The van der Waals surface area contributed by atoms with E-state index < -0.39 is 40.9 Å². The second-order valence-electron chi connectivity index (χ2n) is 8.07. The first-order valence-electron chi connectivity index (χ1n) is 10.9. The maximum atomic E-state index is 14.7. The summed E-state index contributed by atoms with van der Waals surface area (Å²) in [6.45, 7) is 0.539. The average Bonchev–Trinajstić information content (AvgIpc) is 3.47. The Morgan fingerprint density at radius 2 is 1.51 bits per heavy atom. The van der Waals surface area contributed by atoms with E-state index in [1.807, 2.05) is 30.3 Å². The number of para-hydroxylation sites is 1. The van der Waals surface area contributed by atoms with Crippen LogP contribution in [0.4, 0.5) is 22.0 Å². The van der Waals surface area contributed by atoms with Crippen LogP contribution in [0.15, 0.2) is 54.6 Å². The van der Waals surface area contributed by atoms with Crippen LogP contribution in [-0.2, 0) is 19.6 Å². The van der Waals surface area contributed by atoms with E-state index in [1.54, 1.807) is 24.3 Å². The van der Waals surface area contributed by atoms with E-state index >= 15 is 0 Å². The van der Waals surface area contributed by atoms with E-state index in [1.165, 1.54) is 4.57 Å². The van der Waals surface area contributed by atoms with Gasteiger partial charge in [-0.3, -0.25) is 0 Å². The van der Waals surface area contributed by atoms with Crippen molar-refractivity contribution in [3.05, 3.63) is 106 Å². The molecule has 0 amide bonds. The summed E-state index contributed by atoms with van der Waals surface area (Å²) in [5, 5.41) is 15.5. The van der Waals surface area contributed by atoms with E-state index in [9.17, 15) is 27.1 Å². The van der Waals surface area contributed by atoms with Gasteiger partial charge in [0, 0.05) is 17.1 Å². The van der Waals surface area contributed by atoms with Crippen LogP contribution in [0.2, 0.25) is 0 Å². The number of nitrogens with zero attached hydrogens (tertiary/aromatic N) is 3. The molecule has 0 saturated heterocycles. The Balaban J connectivity index is 1.62. The fourth-order valence-electron chi connectivity index (χ4n) is 4.21. The summed E-state index contributed by atoms with van der Waals surface area (Å²) in [6.07, 6.45) is -0.489. The van der Waals surface area contributed by atoms with Crippen LogP contribution in [-0.4, -0.2) is 14.9 Å². The molecule has 1 atom stereocenters. The van der Waals surface area contributed by atoms with Crippen LogP contribution in [0.3, 0.4) is 0 Å². The lowest BCUT2D eigenvalue weighted by molar-refractivity contribution is -0.701. The van der Waals surface area contributed by atoms with Crippen molar-refractivity contribution in [1.29, 1.82) is 0 Å². The van der Waals surface area contributed by atoms with Gasteiger partial charge in [-0.15, -0.1) is 0 Å². The molecule has 1 aliphatic rings. The molecule has 5 rings (SSSR count). The Hall–Kier alpha value is -3.79. The Labute approximate surface area is 196 Å². The van der Waals surface area contributed by atoms with Crippen molar-refractivity contribution in [1.82, 2.24) is 9.78 Å². The number of aryl methyl sites for hydroxylation is 1. The monoisotopic (exact) mass is 488 g/mol. The molecule has 35 heavy (non-hydrogen) atoms. The second kappa shape index (κ2) is 9.10. The van der Waals surface area contributed by atoms with Gasteiger partial charge in [-0.1, -0.05) is 53.2 Å². The molecule has 10 heteroatoms. The van der Waals surface area contributed by atoms with Crippen LogP contribution in [0.5, 0.6) is 5.75 Å². The number of aromatic nitrogens is 3. The number of benzene rings is 3. The molecule has 0 radical (unpaired) electrons. The molecular formula is C25H19F5N3O2+. The topological polar surface area (TPSA) is 51.2 Å². The number of aliphatic hydroxyl groups is 1. The van der Waals surface area contributed by atoms with Crippen LogP contribution in [0.1, 0.15) is 35.3 Å². The summed E-state index contributed by atoms with van der Waals surface area (Å²) in [6, 6.07) is 15.8. The van der Waals surface area contributed by atoms with E-state index in [0.29, 0.717) is 35.6 Å². The Bertz CT molecular complexity index is 1380. The number of hydrogen-bond donors (Lipinski definition) is 1. The summed E-state index contributed by atoms with van der Waals surface area (Å²) in [5.41, 5.74) is -0.130. The van der Waals surface area contributed by atoms with Crippen molar-refractivity contribution < 1.29 is 36.4 Å². The highest BCUT2D eigenvalue weighted by atomic mass is 19.2. The largest absolute Gasteiger partial charge is 0.489 e. The molecule has 2 heterocycles. The minimum Gasteiger partial charge on any atom is -0.489 e. The van der Waals surface area contributed by atoms with Gasteiger partial charge in [0.1, 0.15) is 12.4 Å². The lowest BCUT2D eigenvalue weighted by Crippen LogP contribution is -2.38. The molecule has 1 N–H and O–H groups in total. The fourth-order valence-corrected chi connectivity index (χ4v) is 4.21. The number of ether oxygens (including phenoxy) is 1. The predicted molar refractivity (Wildman–Crippen MR) is 113 cm³/mol. The molecule has 180 valence electrons. The Morgan fingerprint density at radius 1 is 0.886 bits per heavy atom. The van der Waals surface area contributed by atoms with E-state index in [-0.39, 0.29) is 18.0 Å². The molecule has 0 fully saturated rings. The van der Waals surface area contributed by atoms with Gasteiger partial charge >= 0.3 is 0 Å². The van der Waals surface area contributed by atoms with Crippen molar-refractivity contribution in [3.8, 4) is 11.4 Å². The zero-order chi connectivity index (χ0) is 24.7. The molecular weight excluding hydrogens is 469 g/mol. The standard InChI is InChI=1S/C25H19F5N3O2/c26-18-19(27)21(29)23(22(30)20(18)28)33-25(32-12-6-11-17(32)31-33)24(34)15-9-4-5-10-16(15)35-13-14-7-2-1-3-8-14/h1-5,7-10,24,34H,6,11-13H2/q+1. The Morgan fingerprint density at radius 3 is 2.23 bits per heavy atom. The second-order valence-corrected chi connectivity index (χ2v) is 8.07. The summed E-state index contributed by atoms with van der Waals surface area (Å²) in [7, 11) is 0. The highest BCUT2D eigenvalue weighted by Gasteiger charge is 2.40. The third-order valence-electron chi connectivity index (χ3n) is 5.90. The van der Waals surface area contributed by atoms with Crippen LogP contribution in [0, 0.1) is 29.1 Å². The molecule has 0 saturated carbocycles. The molecule has 1 aliphatic heterocycles. The van der Waals surface area contributed by atoms with Gasteiger partial charge in [0.05, 0.1) is 6.54 Å². The number of rotatable bonds is 6. The molecule has 1 unspecified atom stereocenters. The lowest BCUT2D eigenvalue weighted by Gasteiger charge is -2.16. The first-order valence-corrected chi connectivity index (χ1v) is 10.9. The summed E-state index contributed by atoms with van der Waals surface area (Å²) >= 11 is 0. The SMILES string of the molecule is OC(c1ccccc1OCc1ccccc1)c1n(-c2c(F)c(F)c(F)c(F)c2F)nc2[n+]1CCC2. The van der Waals surface area contributed by atoms with Crippen molar-refractivity contribution >= 4 is 0 Å². The van der Waals surface area contributed by atoms with Gasteiger partial charge in [0.15, 0.2) is 6.10 Å². The lowest BCUT2D eigenvalue weighted by atomic mass is 10.1. The summed E-state index contributed by atoms with van der Waals surface area (Å²) in [4.78, 5) is 0. The maximum absolute atomic E-state index is 14.7. The quantitative estimate of drug-likeness (QED) is 0.189. The minimum atomic E-state index is -2.27. The van der Waals surface area contributed by atoms with Gasteiger partial charge in [-0.05, 0) is 18.1 Å². The highest BCUT2D eigenvalue weighted by molar-refractivity contribution is 5.41. The van der Waals surface area contributed by atoms with Gasteiger partial charge in [-0.2, -0.15) is 8.78 Å². The number of aliphatic hydroxyl groups excluding tert-OH is 1. The van der Waals surface area contributed by atoms with Gasteiger partial charge in [0.25, 0.3) is 11.6 Å². The van der Waals surface area contributed by atoms with Crippen molar-refractivity contribution in [2.45, 2.75) is 32.1 Å².